The first-order valence-corrected chi connectivity index (χ1v) is 7.30. The molecule has 1 aromatic carbocycles. The van der Waals surface area contributed by atoms with Crippen molar-refractivity contribution in [1.82, 2.24) is 14.9 Å². The molecule has 0 unspecified atom stereocenters. The number of sulfonamides is 1. The van der Waals surface area contributed by atoms with Crippen LogP contribution in [0.1, 0.15) is 11.1 Å². The van der Waals surface area contributed by atoms with Gasteiger partial charge in [0.05, 0.1) is 19.9 Å². The van der Waals surface area contributed by atoms with Gasteiger partial charge in [-0.15, -0.1) is 0 Å². The maximum Gasteiger partial charge on any atom is 0.244 e. The number of ether oxygens (including phenoxy) is 1. The van der Waals surface area contributed by atoms with Crippen LogP contribution in [0, 0.1) is 0 Å². The number of methoxy groups -OCH3 is 1. The van der Waals surface area contributed by atoms with Crippen LogP contribution in [-0.4, -0.2) is 30.8 Å². The number of aliphatic hydroxyl groups is 1. The molecule has 20 heavy (non-hydrogen) atoms. The van der Waals surface area contributed by atoms with Gasteiger partial charge in [0, 0.05) is 18.3 Å². The summed E-state index contributed by atoms with van der Waals surface area (Å²) in [6.07, 6.45) is 3.14. The van der Waals surface area contributed by atoms with E-state index in [1.54, 1.807) is 6.20 Å². The number of hydrogen-bond donors (Lipinski definition) is 3. The lowest BCUT2D eigenvalue weighted by Gasteiger charge is -2.11. The van der Waals surface area contributed by atoms with Crippen molar-refractivity contribution in [3.63, 3.8) is 0 Å². The van der Waals surface area contributed by atoms with Crippen LogP contribution in [0.25, 0.3) is 0 Å². The van der Waals surface area contributed by atoms with Gasteiger partial charge in [-0.05, 0) is 17.7 Å². The largest absolute Gasteiger partial charge is 0.495 e. The van der Waals surface area contributed by atoms with Crippen LogP contribution in [0.2, 0.25) is 0 Å². The van der Waals surface area contributed by atoms with Crippen molar-refractivity contribution in [3.05, 3.63) is 41.7 Å². The number of rotatable bonds is 6. The highest BCUT2D eigenvalue weighted by Gasteiger charge is 2.19. The molecule has 0 aliphatic heterocycles. The number of aromatic nitrogens is 2. The number of H-pyrrole nitrogens is 1. The van der Waals surface area contributed by atoms with Crippen LogP contribution in [0.3, 0.4) is 0 Å². The molecule has 2 rings (SSSR count). The Morgan fingerprint density at radius 1 is 1.40 bits per heavy atom. The molecule has 0 saturated heterocycles. The summed E-state index contributed by atoms with van der Waals surface area (Å²) in [6.45, 7) is -0.0527. The normalized spacial score (nSPS) is 11.5. The summed E-state index contributed by atoms with van der Waals surface area (Å²) in [5.74, 6) is 0.191. The second-order valence-electron chi connectivity index (χ2n) is 4.07. The average molecular weight is 297 g/mol. The number of aromatic amines is 1. The van der Waals surface area contributed by atoms with E-state index in [2.05, 4.69) is 14.9 Å². The smallest absolute Gasteiger partial charge is 0.244 e. The minimum atomic E-state index is -3.70. The lowest BCUT2D eigenvalue weighted by molar-refractivity contribution is 0.280. The molecule has 0 aliphatic carbocycles. The highest BCUT2D eigenvalue weighted by Crippen LogP contribution is 2.25. The maximum absolute atomic E-state index is 12.2. The van der Waals surface area contributed by atoms with Crippen LogP contribution in [0.4, 0.5) is 0 Å². The summed E-state index contributed by atoms with van der Waals surface area (Å²) in [5.41, 5.74) is 1.30. The van der Waals surface area contributed by atoms with Crippen molar-refractivity contribution in [2.24, 2.45) is 0 Å². The molecule has 1 heterocycles. The van der Waals surface area contributed by atoms with Crippen molar-refractivity contribution in [2.45, 2.75) is 18.0 Å². The van der Waals surface area contributed by atoms with E-state index in [-0.39, 0.29) is 23.8 Å². The van der Waals surface area contributed by atoms with Crippen LogP contribution >= 0.6 is 0 Å². The fraction of sp³-hybridized carbons (Fsp3) is 0.250. The molecule has 3 N–H and O–H groups in total. The molecule has 0 bridgehead atoms. The molecule has 0 aliphatic rings. The van der Waals surface area contributed by atoms with E-state index in [1.807, 2.05) is 0 Å². The molecule has 8 heteroatoms. The maximum atomic E-state index is 12.2. The van der Waals surface area contributed by atoms with Crippen LogP contribution < -0.4 is 9.46 Å². The third-order valence-electron chi connectivity index (χ3n) is 2.72. The van der Waals surface area contributed by atoms with Crippen molar-refractivity contribution < 1.29 is 18.3 Å². The van der Waals surface area contributed by atoms with Crippen LogP contribution in [0.15, 0.2) is 35.5 Å². The van der Waals surface area contributed by atoms with Crippen LogP contribution in [-0.2, 0) is 23.2 Å². The van der Waals surface area contributed by atoms with E-state index in [0.29, 0.717) is 5.56 Å². The van der Waals surface area contributed by atoms with Gasteiger partial charge < -0.3 is 9.84 Å². The summed E-state index contributed by atoms with van der Waals surface area (Å²) >= 11 is 0. The molecule has 0 spiro atoms. The Labute approximate surface area is 116 Å². The highest BCUT2D eigenvalue weighted by molar-refractivity contribution is 7.89. The monoisotopic (exact) mass is 297 g/mol. The van der Waals surface area contributed by atoms with Gasteiger partial charge in [0.15, 0.2) is 0 Å². The number of benzene rings is 1. The van der Waals surface area contributed by atoms with Crippen molar-refractivity contribution in [1.29, 1.82) is 0 Å². The quantitative estimate of drug-likeness (QED) is 0.715. The first-order chi connectivity index (χ1) is 9.56. The average Bonchev–Trinajstić information content (AvgIpc) is 2.97. The topological polar surface area (TPSA) is 104 Å². The van der Waals surface area contributed by atoms with Crippen LogP contribution in [0.5, 0.6) is 5.75 Å². The molecule has 0 fully saturated rings. The second kappa shape index (κ2) is 6.04. The van der Waals surface area contributed by atoms with Crippen molar-refractivity contribution in [3.8, 4) is 5.75 Å². The minimum Gasteiger partial charge on any atom is -0.495 e. The second-order valence-corrected chi connectivity index (χ2v) is 5.81. The predicted molar refractivity (Wildman–Crippen MR) is 71.5 cm³/mol. The number of aliphatic hydroxyl groups excluding tert-OH is 1. The van der Waals surface area contributed by atoms with Gasteiger partial charge in [-0.3, -0.25) is 5.10 Å². The van der Waals surface area contributed by atoms with E-state index in [0.717, 1.165) is 5.56 Å². The summed E-state index contributed by atoms with van der Waals surface area (Å²) < 4.78 is 32.0. The zero-order valence-electron chi connectivity index (χ0n) is 10.8. The fourth-order valence-corrected chi connectivity index (χ4v) is 2.83. The minimum absolute atomic E-state index is 0.0284. The summed E-state index contributed by atoms with van der Waals surface area (Å²) in [6, 6.07) is 4.43. The van der Waals surface area contributed by atoms with Crippen molar-refractivity contribution in [2.75, 3.05) is 7.11 Å². The Morgan fingerprint density at radius 2 is 2.20 bits per heavy atom. The number of nitrogens with one attached hydrogen (secondary N) is 2. The van der Waals surface area contributed by atoms with E-state index < -0.39 is 10.0 Å². The first kappa shape index (κ1) is 14.5. The van der Waals surface area contributed by atoms with Gasteiger partial charge >= 0.3 is 0 Å². The fourth-order valence-electron chi connectivity index (χ4n) is 1.66. The third-order valence-corrected chi connectivity index (χ3v) is 4.16. The molecular formula is C12H15N3O4S. The summed E-state index contributed by atoms with van der Waals surface area (Å²) in [7, 11) is -2.32. The molecule has 108 valence electrons. The molecule has 7 nitrogen and oxygen atoms in total. The van der Waals surface area contributed by atoms with Gasteiger partial charge in [0.2, 0.25) is 10.0 Å². The number of hydrogen-bond acceptors (Lipinski definition) is 5. The van der Waals surface area contributed by atoms with Gasteiger partial charge in [-0.2, -0.15) is 5.10 Å². The zero-order valence-corrected chi connectivity index (χ0v) is 11.6. The van der Waals surface area contributed by atoms with Gasteiger partial charge in [0.25, 0.3) is 0 Å². The van der Waals surface area contributed by atoms with E-state index in [4.69, 9.17) is 9.84 Å². The Kier molecular flexibility index (Phi) is 4.38. The molecule has 0 radical (unpaired) electrons. The summed E-state index contributed by atoms with van der Waals surface area (Å²) in [5, 5.41) is 15.4. The Hall–Kier alpha value is -1.90. The lowest BCUT2D eigenvalue weighted by atomic mass is 10.2. The third kappa shape index (κ3) is 3.16. The lowest BCUT2D eigenvalue weighted by Crippen LogP contribution is -2.23. The first-order valence-electron chi connectivity index (χ1n) is 5.82. The van der Waals surface area contributed by atoms with Gasteiger partial charge in [-0.1, -0.05) is 6.07 Å². The van der Waals surface area contributed by atoms with Gasteiger partial charge in [0.1, 0.15) is 10.6 Å². The molecule has 0 atom stereocenters. The SMILES string of the molecule is COc1cc(CO)ccc1S(=O)(=O)NCc1cn[nH]c1. The van der Waals surface area contributed by atoms with E-state index >= 15 is 0 Å². The Morgan fingerprint density at radius 3 is 2.80 bits per heavy atom. The Bertz CT molecular complexity index is 668. The molecule has 1 aromatic heterocycles. The van der Waals surface area contributed by atoms with Crippen molar-refractivity contribution >= 4 is 10.0 Å². The standard InChI is InChI=1S/C12H15N3O4S/c1-19-11-4-9(8-16)2-3-12(11)20(17,18)15-7-10-5-13-14-6-10/h2-6,15-16H,7-8H2,1H3,(H,13,14). The predicted octanol–water partition coefficient (Wildman–Crippen LogP) is 0.389. The molecule has 2 aromatic rings. The Balaban J connectivity index is 2.24. The van der Waals surface area contributed by atoms with E-state index in [9.17, 15) is 8.42 Å². The van der Waals surface area contributed by atoms with Gasteiger partial charge in [-0.25, -0.2) is 13.1 Å². The van der Waals surface area contributed by atoms with E-state index in [1.165, 1.54) is 31.5 Å². The highest BCUT2D eigenvalue weighted by atomic mass is 32.2. The zero-order chi connectivity index (χ0) is 14.6. The molecule has 0 saturated carbocycles. The summed E-state index contributed by atoms with van der Waals surface area (Å²) in [4.78, 5) is 0.0284. The molecular weight excluding hydrogens is 282 g/mol. The number of nitrogens with zero attached hydrogens (tertiary/aromatic N) is 1. The molecule has 0 amide bonds.